The van der Waals surface area contributed by atoms with Gasteiger partial charge in [0.25, 0.3) is 0 Å². The summed E-state index contributed by atoms with van der Waals surface area (Å²) in [5, 5.41) is 9.79. The first-order valence-corrected chi connectivity index (χ1v) is 7.51. The Kier molecular flexibility index (Phi) is 4.89. The lowest BCUT2D eigenvalue weighted by Crippen LogP contribution is -1.99. The molecule has 0 saturated carbocycles. The second-order valence-corrected chi connectivity index (χ2v) is 5.84. The van der Waals surface area contributed by atoms with Gasteiger partial charge in [-0.1, -0.05) is 6.08 Å². The molecule has 0 bridgehead atoms. The van der Waals surface area contributed by atoms with E-state index in [9.17, 15) is 9.90 Å². The molecule has 3 heteroatoms. The van der Waals surface area contributed by atoms with Gasteiger partial charge in [0, 0.05) is 5.56 Å². The molecule has 0 atom stereocenters. The first kappa shape index (κ1) is 16.8. The molecule has 0 aliphatic carbocycles. The number of carbonyl (C=O) groups is 1. The van der Waals surface area contributed by atoms with Crippen molar-refractivity contribution in [2.75, 3.05) is 7.11 Å². The number of phenols is 1. The molecule has 0 saturated heterocycles. The highest BCUT2D eigenvalue weighted by Gasteiger charge is 2.09. The Hall–Kier alpha value is -2.55. The van der Waals surface area contributed by atoms with E-state index in [4.69, 9.17) is 4.74 Å². The van der Waals surface area contributed by atoms with Crippen molar-refractivity contribution in [1.82, 2.24) is 0 Å². The molecule has 2 rings (SSSR count). The van der Waals surface area contributed by atoms with Crippen molar-refractivity contribution in [2.45, 2.75) is 27.7 Å². The SMILES string of the molecule is COc1c(C)cc(C(=O)C=Cc2cc(C)c(O)c(C)c2)cc1C. The summed E-state index contributed by atoms with van der Waals surface area (Å²) in [7, 11) is 1.63. The molecule has 0 aliphatic heterocycles. The van der Waals surface area contributed by atoms with Gasteiger partial charge in [-0.05, 0) is 85.9 Å². The summed E-state index contributed by atoms with van der Waals surface area (Å²) in [6, 6.07) is 7.39. The maximum atomic E-state index is 12.4. The lowest BCUT2D eigenvalue weighted by atomic mass is 10.0. The van der Waals surface area contributed by atoms with Crippen LogP contribution in [-0.2, 0) is 0 Å². The van der Waals surface area contributed by atoms with E-state index in [0.29, 0.717) is 11.3 Å². The van der Waals surface area contributed by atoms with Crippen LogP contribution in [0.25, 0.3) is 6.08 Å². The predicted molar refractivity (Wildman–Crippen MR) is 93.4 cm³/mol. The summed E-state index contributed by atoms with van der Waals surface area (Å²) in [4.78, 5) is 12.4. The van der Waals surface area contributed by atoms with E-state index in [0.717, 1.165) is 33.6 Å². The number of hydrogen-bond acceptors (Lipinski definition) is 3. The van der Waals surface area contributed by atoms with Gasteiger partial charge in [-0.25, -0.2) is 0 Å². The lowest BCUT2D eigenvalue weighted by molar-refractivity contribution is 0.104. The van der Waals surface area contributed by atoms with Gasteiger partial charge in [-0.15, -0.1) is 0 Å². The minimum atomic E-state index is -0.0535. The van der Waals surface area contributed by atoms with Gasteiger partial charge in [0.05, 0.1) is 7.11 Å². The van der Waals surface area contributed by atoms with Crippen molar-refractivity contribution in [2.24, 2.45) is 0 Å². The topological polar surface area (TPSA) is 46.5 Å². The molecular formula is C20H22O3. The van der Waals surface area contributed by atoms with Crippen LogP contribution in [0, 0.1) is 27.7 Å². The number of phenolic OH excluding ortho intramolecular Hbond substituents is 1. The van der Waals surface area contributed by atoms with Crippen molar-refractivity contribution >= 4 is 11.9 Å². The molecule has 0 aromatic heterocycles. The number of benzene rings is 2. The van der Waals surface area contributed by atoms with Crippen LogP contribution in [0.4, 0.5) is 0 Å². The average Bonchev–Trinajstić information content (AvgIpc) is 2.49. The van der Waals surface area contributed by atoms with E-state index in [2.05, 4.69) is 0 Å². The molecule has 0 spiro atoms. The second-order valence-electron chi connectivity index (χ2n) is 5.84. The van der Waals surface area contributed by atoms with Crippen LogP contribution in [0.3, 0.4) is 0 Å². The molecule has 120 valence electrons. The highest BCUT2D eigenvalue weighted by atomic mass is 16.5. The van der Waals surface area contributed by atoms with E-state index >= 15 is 0 Å². The van der Waals surface area contributed by atoms with Crippen LogP contribution < -0.4 is 4.74 Å². The van der Waals surface area contributed by atoms with E-state index in [-0.39, 0.29) is 5.78 Å². The number of rotatable bonds is 4. The average molecular weight is 310 g/mol. The van der Waals surface area contributed by atoms with Crippen molar-refractivity contribution in [3.05, 3.63) is 63.7 Å². The third-order valence-electron chi connectivity index (χ3n) is 3.89. The van der Waals surface area contributed by atoms with Crippen LogP contribution in [0.5, 0.6) is 11.5 Å². The first-order chi connectivity index (χ1) is 10.8. The van der Waals surface area contributed by atoms with E-state index in [1.807, 2.05) is 52.0 Å². The van der Waals surface area contributed by atoms with E-state index < -0.39 is 0 Å². The number of carbonyl (C=O) groups excluding carboxylic acids is 1. The van der Waals surface area contributed by atoms with Gasteiger partial charge >= 0.3 is 0 Å². The molecule has 1 N–H and O–H groups in total. The highest BCUT2D eigenvalue weighted by molar-refractivity contribution is 6.07. The molecule has 2 aromatic carbocycles. The monoisotopic (exact) mass is 310 g/mol. The summed E-state index contributed by atoms with van der Waals surface area (Å²) in [6.07, 6.45) is 3.34. The summed E-state index contributed by atoms with van der Waals surface area (Å²) >= 11 is 0. The molecule has 3 nitrogen and oxygen atoms in total. The number of ether oxygens (including phenoxy) is 1. The van der Waals surface area contributed by atoms with Gasteiger partial charge in [0.1, 0.15) is 11.5 Å². The Balaban J connectivity index is 2.29. The van der Waals surface area contributed by atoms with Crippen LogP contribution in [0.15, 0.2) is 30.3 Å². The first-order valence-electron chi connectivity index (χ1n) is 7.51. The third-order valence-corrected chi connectivity index (χ3v) is 3.89. The minimum Gasteiger partial charge on any atom is -0.507 e. The van der Waals surface area contributed by atoms with Crippen molar-refractivity contribution < 1.29 is 14.6 Å². The Morgan fingerprint density at radius 2 is 1.48 bits per heavy atom. The van der Waals surface area contributed by atoms with Gasteiger partial charge in [-0.2, -0.15) is 0 Å². The number of methoxy groups -OCH3 is 1. The minimum absolute atomic E-state index is 0.0535. The van der Waals surface area contributed by atoms with Crippen LogP contribution >= 0.6 is 0 Å². The zero-order valence-corrected chi connectivity index (χ0v) is 14.2. The van der Waals surface area contributed by atoms with Gasteiger partial charge < -0.3 is 9.84 Å². The second kappa shape index (κ2) is 6.69. The highest BCUT2D eigenvalue weighted by Crippen LogP contribution is 2.26. The van der Waals surface area contributed by atoms with Crippen LogP contribution in [0.1, 0.15) is 38.2 Å². The number of aromatic hydroxyl groups is 1. The lowest BCUT2D eigenvalue weighted by Gasteiger charge is -2.10. The molecule has 0 radical (unpaired) electrons. The summed E-state index contributed by atoms with van der Waals surface area (Å²) in [5.74, 6) is 1.06. The molecule has 23 heavy (non-hydrogen) atoms. The predicted octanol–water partition coefficient (Wildman–Crippen LogP) is 4.53. The Bertz CT molecular complexity index is 739. The molecular weight excluding hydrogens is 288 g/mol. The molecule has 0 heterocycles. The van der Waals surface area contributed by atoms with Gasteiger partial charge in [0.15, 0.2) is 5.78 Å². The maximum absolute atomic E-state index is 12.4. The van der Waals surface area contributed by atoms with Crippen LogP contribution in [-0.4, -0.2) is 18.0 Å². The zero-order chi connectivity index (χ0) is 17.1. The summed E-state index contributed by atoms with van der Waals surface area (Å²) in [6.45, 7) is 7.55. The number of hydrogen-bond donors (Lipinski definition) is 1. The standard InChI is InChI=1S/C20H22O3/c1-12-8-16(9-13(2)19(12)22)6-7-18(21)17-10-14(3)20(23-5)15(4)11-17/h6-11,22H,1-5H3. The van der Waals surface area contributed by atoms with Crippen LogP contribution in [0.2, 0.25) is 0 Å². The van der Waals surface area contributed by atoms with E-state index in [1.165, 1.54) is 0 Å². The van der Waals surface area contributed by atoms with Crippen molar-refractivity contribution in [3.8, 4) is 11.5 Å². The smallest absolute Gasteiger partial charge is 0.185 e. The fourth-order valence-corrected chi connectivity index (χ4v) is 2.77. The Labute approximate surface area is 137 Å². The molecule has 0 fully saturated rings. The Morgan fingerprint density at radius 1 is 0.957 bits per heavy atom. The summed E-state index contributed by atoms with van der Waals surface area (Å²) in [5.41, 5.74) is 5.03. The fraction of sp³-hybridized carbons (Fsp3) is 0.250. The normalized spacial score (nSPS) is 11.0. The third kappa shape index (κ3) is 3.62. The molecule has 0 amide bonds. The molecule has 0 aliphatic rings. The van der Waals surface area contributed by atoms with Crippen molar-refractivity contribution in [1.29, 1.82) is 0 Å². The number of allylic oxidation sites excluding steroid dienone is 1. The van der Waals surface area contributed by atoms with Gasteiger partial charge in [-0.3, -0.25) is 4.79 Å². The number of aryl methyl sites for hydroxylation is 4. The van der Waals surface area contributed by atoms with E-state index in [1.54, 1.807) is 19.3 Å². The maximum Gasteiger partial charge on any atom is 0.185 e. The fourth-order valence-electron chi connectivity index (χ4n) is 2.77. The quantitative estimate of drug-likeness (QED) is 0.666. The largest absolute Gasteiger partial charge is 0.507 e. The van der Waals surface area contributed by atoms with Gasteiger partial charge in [0.2, 0.25) is 0 Å². The number of ketones is 1. The molecule has 0 unspecified atom stereocenters. The Morgan fingerprint density at radius 3 is 1.96 bits per heavy atom. The zero-order valence-electron chi connectivity index (χ0n) is 14.2. The van der Waals surface area contributed by atoms with Crippen molar-refractivity contribution in [3.63, 3.8) is 0 Å². The summed E-state index contributed by atoms with van der Waals surface area (Å²) < 4.78 is 5.32. The molecule has 2 aromatic rings.